The fourth-order valence-corrected chi connectivity index (χ4v) is 3.46. The summed E-state index contributed by atoms with van der Waals surface area (Å²) in [5.41, 5.74) is 1.35. The number of carbonyl (C=O) groups excluding carboxylic acids is 1. The molecule has 0 heterocycles. The van der Waals surface area contributed by atoms with Crippen molar-refractivity contribution in [2.45, 2.75) is 0 Å². The highest BCUT2D eigenvalue weighted by Crippen LogP contribution is 2.36. The van der Waals surface area contributed by atoms with E-state index in [4.69, 9.17) is 44.9 Å². The van der Waals surface area contributed by atoms with Gasteiger partial charge in [-0.2, -0.15) is 0 Å². The van der Waals surface area contributed by atoms with Gasteiger partial charge in [0.05, 0.1) is 41.2 Å². The molecule has 0 fully saturated rings. The molecule has 166 valence electrons. The third-order valence-electron chi connectivity index (χ3n) is 4.32. The Balaban J connectivity index is 1.70. The molecular weight excluding hydrogens is 476 g/mol. The van der Waals surface area contributed by atoms with Crippen LogP contribution in [0.1, 0.15) is 10.4 Å². The van der Waals surface area contributed by atoms with Gasteiger partial charge < -0.3 is 25.4 Å². The number of hydrogen-bond acceptors (Lipinski definition) is 4. The summed E-state index contributed by atoms with van der Waals surface area (Å²) in [5.74, 6) is -0.253. The lowest BCUT2D eigenvalue weighted by Crippen LogP contribution is -2.20. The SMILES string of the molecule is COc1cc(OC)c(NC(=S)Nc2ccc(NC(=O)c3ccccc3F)cc2Cl)cc1Cl. The molecule has 3 rings (SSSR count). The van der Waals surface area contributed by atoms with Gasteiger partial charge in [-0.3, -0.25) is 4.79 Å². The average Bonchev–Trinajstić information content (AvgIpc) is 2.76. The molecule has 1 amide bonds. The van der Waals surface area contributed by atoms with Crippen LogP contribution >= 0.6 is 35.4 Å². The Kier molecular flexibility index (Phi) is 7.74. The molecule has 0 unspecified atom stereocenters. The van der Waals surface area contributed by atoms with Crippen molar-refractivity contribution in [3.05, 3.63) is 76.0 Å². The van der Waals surface area contributed by atoms with Crippen molar-refractivity contribution in [1.82, 2.24) is 0 Å². The summed E-state index contributed by atoms with van der Waals surface area (Å²) < 4.78 is 24.3. The third-order valence-corrected chi connectivity index (χ3v) is 5.13. The molecule has 0 aliphatic rings. The van der Waals surface area contributed by atoms with Gasteiger partial charge in [-0.05, 0) is 48.6 Å². The number of carbonyl (C=O) groups is 1. The van der Waals surface area contributed by atoms with Gasteiger partial charge in [0.25, 0.3) is 5.91 Å². The molecule has 0 aromatic heterocycles. The van der Waals surface area contributed by atoms with Crippen LogP contribution in [0.3, 0.4) is 0 Å². The number of hydrogen-bond donors (Lipinski definition) is 3. The number of thiocarbonyl (C=S) groups is 1. The Hall–Kier alpha value is -3.07. The number of ether oxygens (including phenoxy) is 2. The van der Waals surface area contributed by atoms with Crippen molar-refractivity contribution < 1.29 is 18.7 Å². The number of benzene rings is 3. The van der Waals surface area contributed by atoms with Crippen LogP contribution in [0, 0.1) is 5.82 Å². The number of rotatable bonds is 6. The van der Waals surface area contributed by atoms with Gasteiger partial charge in [0.15, 0.2) is 5.11 Å². The van der Waals surface area contributed by atoms with E-state index in [-0.39, 0.29) is 10.7 Å². The lowest BCUT2D eigenvalue weighted by atomic mass is 10.2. The van der Waals surface area contributed by atoms with Crippen LogP contribution in [0.25, 0.3) is 0 Å². The largest absolute Gasteiger partial charge is 0.495 e. The summed E-state index contributed by atoms with van der Waals surface area (Å²) >= 11 is 17.8. The summed E-state index contributed by atoms with van der Waals surface area (Å²) in [6.07, 6.45) is 0. The first-order valence-corrected chi connectivity index (χ1v) is 10.3. The van der Waals surface area contributed by atoms with E-state index in [0.29, 0.717) is 38.6 Å². The quantitative estimate of drug-likeness (QED) is 0.354. The highest BCUT2D eigenvalue weighted by molar-refractivity contribution is 7.80. The van der Waals surface area contributed by atoms with E-state index in [0.717, 1.165) is 0 Å². The predicted molar refractivity (Wildman–Crippen MR) is 130 cm³/mol. The Bertz CT molecular complexity index is 1180. The molecule has 3 N–H and O–H groups in total. The Labute approximate surface area is 199 Å². The summed E-state index contributed by atoms with van der Waals surface area (Å²) in [6, 6.07) is 13.7. The van der Waals surface area contributed by atoms with Crippen LogP contribution in [-0.4, -0.2) is 25.2 Å². The fraction of sp³-hybridized carbons (Fsp3) is 0.0909. The number of anilines is 3. The van der Waals surface area contributed by atoms with Crippen LogP contribution in [0.5, 0.6) is 11.5 Å². The van der Waals surface area contributed by atoms with Crippen LogP contribution in [0.15, 0.2) is 54.6 Å². The number of methoxy groups -OCH3 is 2. The van der Waals surface area contributed by atoms with E-state index in [1.807, 2.05) is 0 Å². The smallest absolute Gasteiger partial charge is 0.258 e. The minimum atomic E-state index is -0.611. The van der Waals surface area contributed by atoms with Crippen molar-refractivity contribution in [3.8, 4) is 11.5 Å². The molecule has 0 aliphatic carbocycles. The van der Waals surface area contributed by atoms with Crippen LogP contribution < -0.4 is 25.4 Å². The maximum absolute atomic E-state index is 13.8. The zero-order valence-corrected chi connectivity index (χ0v) is 19.3. The molecule has 0 aliphatic heterocycles. The van der Waals surface area contributed by atoms with Gasteiger partial charge in [-0.1, -0.05) is 35.3 Å². The number of halogens is 3. The molecule has 0 saturated heterocycles. The van der Waals surface area contributed by atoms with Crippen molar-refractivity contribution in [2.24, 2.45) is 0 Å². The highest BCUT2D eigenvalue weighted by atomic mass is 35.5. The van der Waals surface area contributed by atoms with E-state index >= 15 is 0 Å². The fourth-order valence-electron chi connectivity index (χ4n) is 2.77. The lowest BCUT2D eigenvalue weighted by Gasteiger charge is -2.16. The third kappa shape index (κ3) is 5.59. The molecule has 6 nitrogen and oxygen atoms in total. The summed E-state index contributed by atoms with van der Waals surface area (Å²) in [6.45, 7) is 0. The molecule has 0 bridgehead atoms. The van der Waals surface area contributed by atoms with Gasteiger partial charge in [-0.25, -0.2) is 4.39 Å². The number of nitrogens with one attached hydrogen (secondary N) is 3. The molecule has 10 heteroatoms. The molecule has 3 aromatic carbocycles. The van der Waals surface area contributed by atoms with Crippen LogP contribution in [0.4, 0.5) is 21.5 Å². The summed E-state index contributed by atoms with van der Waals surface area (Å²) in [4.78, 5) is 12.3. The molecule has 0 saturated carbocycles. The monoisotopic (exact) mass is 493 g/mol. The van der Waals surface area contributed by atoms with E-state index in [1.54, 1.807) is 30.3 Å². The first-order chi connectivity index (χ1) is 15.3. The second kappa shape index (κ2) is 10.5. The van der Waals surface area contributed by atoms with Crippen molar-refractivity contribution in [2.75, 3.05) is 30.2 Å². The minimum absolute atomic E-state index is 0.0664. The van der Waals surface area contributed by atoms with Crippen molar-refractivity contribution in [1.29, 1.82) is 0 Å². The van der Waals surface area contributed by atoms with Crippen LogP contribution in [0.2, 0.25) is 10.0 Å². The maximum Gasteiger partial charge on any atom is 0.258 e. The normalized spacial score (nSPS) is 10.3. The van der Waals surface area contributed by atoms with Gasteiger partial charge in [0, 0.05) is 11.8 Å². The molecule has 3 aromatic rings. The average molecular weight is 494 g/mol. The predicted octanol–water partition coefficient (Wildman–Crippen LogP) is 6.21. The second-order valence-corrected chi connectivity index (χ2v) is 7.62. The summed E-state index contributed by atoms with van der Waals surface area (Å²) in [7, 11) is 3.01. The van der Waals surface area contributed by atoms with Crippen molar-refractivity contribution >= 4 is 63.5 Å². The van der Waals surface area contributed by atoms with E-state index < -0.39 is 11.7 Å². The zero-order valence-electron chi connectivity index (χ0n) is 17.0. The highest BCUT2D eigenvalue weighted by Gasteiger charge is 2.14. The topological polar surface area (TPSA) is 71.6 Å². The van der Waals surface area contributed by atoms with E-state index in [2.05, 4.69) is 16.0 Å². The first kappa shape index (κ1) is 23.6. The Morgan fingerprint density at radius 3 is 2.22 bits per heavy atom. The minimum Gasteiger partial charge on any atom is -0.495 e. The Morgan fingerprint density at radius 2 is 1.56 bits per heavy atom. The second-order valence-electron chi connectivity index (χ2n) is 6.39. The molecule has 0 spiro atoms. The van der Waals surface area contributed by atoms with Gasteiger partial charge >= 0.3 is 0 Å². The zero-order chi connectivity index (χ0) is 23.3. The number of amides is 1. The van der Waals surface area contributed by atoms with Gasteiger partial charge in [-0.15, -0.1) is 0 Å². The van der Waals surface area contributed by atoms with Crippen LogP contribution in [-0.2, 0) is 0 Å². The molecule has 0 radical (unpaired) electrons. The molecule has 0 atom stereocenters. The van der Waals surface area contributed by atoms with E-state index in [9.17, 15) is 9.18 Å². The molecular formula is C22H18Cl2FN3O3S. The van der Waals surface area contributed by atoms with E-state index in [1.165, 1.54) is 38.5 Å². The standard InChI is InChI=1S/C22H18Cl2FN3O3S/c1-30-19-11-20(31-2)18(10-15(19)24)28-22(32)27-17-8-7-12(9-14(17)23)26-21(29)13-5-3-4-6-16(13)25/h3-11H,1-2H3,(H,26,29)(H2,27,28,32). The molecule has 32 heavy (non-hydrogen) atoms. The Morgan fingerprint density at radius 1 is 0.875 bits per heavy atom. The maximum atomic E-state index is 13.8. The van der Waals surface area contributed by atoms with Crippen molar-refractivity contribution in [3.63, 3.8) is 0 Å². The lowest BCUT2D eigenvalue weighted by molar-refractivity contribution is 0.102. The summed E-state index contributed by atoms with van der Waals surface area (Å²) in [5, 5.41) is 9.47. The van der Waals surface area contributed by atoms with Gasteiger partial charge in [0.2, 0.25) is 0 Å². The first-order valence-electron chi connectivity index (χ1n) is 9.17. The van der Waals surface area contributed by atoms with Gasteiger partial charge in [0.1, 0.15) is 17.3 Å².